The third-order valence-electron chi connectivity index (χ3n) is 4.27. The van der Waals surface area contributed by atoms with Crippen LogP contribution >= 0.6 is 23.5 Å². The van der Waals surface area contributed by atoms with Crippen molar-refractivity contribution in [2.75, 3.05) is 7.05 Å². The zero-order valence-corrected chi connectivity index (χ0v) is 17.2. The number of ether oxygens (including phenoxy) is 1. The van der Waals surface area contributed by atoms with Gasteiger partial charge in [-0.3, -0.25) is 9.71 Å². The number of pyridine rings is 1. The molecule has 2 heterocycles. The van der Waals surface area contributed by atoms with Gasteiger partial charge >= 0.3 is 0 Å². The number of nitrogens with zero attached hydrogens (tertiary/aromatic N) is 1. The number of halogens is 3. The van der Waals surface area contributed by atoms with Gasteiger partial charge in [0.1, 0.15) is 17.4 Å². The van der Waals surface area contributed by atoms with Crippen LogP contribution in [-0.2, 0) is 0 Å². The lowest BCUT2D eigenvalue weighted by Crippen LogP contribution is -1.96. The summed E-state index contributed by atoms with van der Waals surface area (Å²) < 4.78 is 42.5. The van der Waals surface area contributed by atoms with Crippen molar-refractivity contribution >= 4 is 23.5 Å². The van der Waals surface area contributed by atoms with E-state index in [1.165, 1.54) is 36.9 Å². The van der Waals surface area contributed by atoms with E-state index >= 15 is 0 Å². The molecule has 0 radical (unpaired) electrons. The highest BCUT2D eigenvalue weighted by Gasteiger charge is 2.17. The second-order valence-electron chi connectivity index (χ2n) is 6.18. The number of hydrogen-bond acceptors (Lipinski definition) is 5. The van der Waals surface area contributed by atoms with E-state index in [2.05, 4.69) is 9.71 Å². The van der Waals surface area contributed by atoms with Crippen molar-refractivity contribution < 1.29 is 17.9 Å². The fraction of sp³-hybridized carbons (Fsp3) is 0.0455. The van der Waals surface area contributed by atoms with Gasteiger partial charge in [-0.05, 0) is 49.3 Å². The largest absolute Gasteiger partial charge is 0.472 e. The van der Waals surface area contributed by atoms with Gasteiger partial charge < -0.3 is 9.15 Å². The zero-order chi connectivity index (χ0) is 21.1. The molecule has 4 aromatic rings. The molecule has 0 aliphatic rings. The molecule has 2 aromatic carbocycles. The molecule has 0 saturated carbocycles. The van der Waals surface area contributed by atoms with Gasteiger partial charge in [-0.2, -0.15) is 0 Å². The summed E-state index contributed by atoms with van der Waals surface area (Å²) in [6.07, 6.45) is 4.50. The van der Waals surface area contributed by atoms with Crippen LogP contribution in [0.4, 0.5) is 8.78 Å². The van der Waals surface area contributed by atoms with Crippen molar-refractivity contribution in [1.82, 2.24) is 9.71 Å². The maximum Gasteiger partial charge on any atom is 0.153 e. The Labute approximate surface area is 181 Å². The fourth-order valence-corrected chi connectivity index (χ4v) is 3.70. The van der Waals surface area contributed by atoms with Gasteiger partial charge in [-0.1, -0.05) is 23.7 Å². The second-order valence-corrected chi connectivity index (χ2v) is 7.64. The fourth-order valence-electron chi connectivity index (χ4n) is 2.88. The number of benzene rings is 2. The minimum absolute atomic E-state index is 0.139. The number of hydrogen-bond donors (Lipinski definition) is 1. The molecule has 0 fully saturated rings. The Morgan fingerprint density at radius 2 is 1.87 bits per heavy atom. The van der Waals surface area contributed by atoms with Gasteiger partial charge in [0.15, 0.2) is 5.75 Å². The molecule has 0 saturated heterocycles. The van der Waals surface area contributed by atoms with Gasteiger partial charge in [0.25, 0.3) is 0 Å². The zero-order valence-electron chi connectivity index (χ0n) is 15.7. The molecule has 30 heavy (non-hydrogen) atoms. The minimum atomic E-state index is -0.477. The van der Waals surface area contributed by atoms with Crippen molar-refractivity contribution in [2.24, 2.45) is 0 Å². The summed E-state index contributed by atoms with van der Waals surface area (Å²) in [5.41, 5.74) is 2.08. The lowest BCUT2D eigenvalue weighted by molar-refractivity contribution is 0.474. The summed E-state index contributed by atoms with van der Waals surface area (Å²) in [5, 5.41) is 0.241. The Hall–Kier alpha value is -2.87. The topological polar surface area (TPSA) is 47.3 Å². The van der Waals surface area contributed by atoms with Crippen LogP contribution in [0.15, 0.2) is 76.6 Å². The summed E-state index contributed by atoms with van der Waals surface area (Å²) in [6.45, 7) is 0. The van der Waals surface area contributed by atoms with Crippen molar-refractivity contribution in [1.29, 1.82) is 0 Å². The SMILES string of the molecule is CNSc1cc(Cl)c(Oc2cnc(-c3ccccc3F)cc2-c2ccoc2)cc1F. The first-order chi connectivity index (χ1) is 14.6. The van der Waals surface area contributed by atoms with Crippen LogP contribution < -0.4 is 9.46 Å². The van der Waals surface area contributed by atoms with Crippen LogP contribution in [-0.4, -0.2) is 12.0 Å². The predicted molar refractivity (Wildman–Crippen MR) is 114 cm³/mol. The van der Waals surface area contributed by atoms with Gasteiger partial charge in [-0.15, -0.1) is 0 Å². The summed E-state index contributed by atoms with van der Waals surface area (Å²) >= 11 is 7.40. The van der Waals surface area contributed by atoms with Gasteiger partial charge in [-0.25, -0.2) is 8.78 Å². The molecule has 4 rings (SSSR count). The van der Waals surface area contributed by atoms with Crippen molar-refractivity contribution in [2.45, 2.75) is 4.90 Å². The molecule has 8 heteroatoms. The van der Waals surface area contributed by atoms with Crippen LogP contribution in [0.1, 0.15) is 0 Å². The standard InChI is InChI=1S/C22H15ClF2N2O2S/c1-26-30-22-9-16(23)20(10-18(22)25)29-21-11-27-19(14-4-2-3-5-17(14)24)8-15(21)13-6-7-28-12-13/h2-12,26H,1H3. The van der Waals surface area contributed by atoms with Crippen molar-refractivity contribution in [3.05, 3.63) is 83.9 Å². The van der Waals surface area contributed by atoms with E-state index in [1.807, 2.05) is 0 Å². The maximum atomic E-state index is 14.4. The monoisotopic (exact) mass is 444 g/mol. The average Bonchev–Trinajstić information content (AvgIpc) is 3.27. The van der Waals surface area contributed by atoms with E-state index < -0.39 is 5.82 Å². The van der Waals surface area contributed by atoms with Crippen LogP contribution in [0.25, 0.3) is 22.4 Å². The molecule has 0 bridgehead atoms. The third kappa shape index (κ3) is 4.18. The molecule has 2 aromatic heterocycles. The Morgan fingerprint density at radius 1 is 1.03 bits per heavy atom. The Bertz CT molecular complexity index is 1190. The minimum Gasteiger partial charge on any atom is -0.472 e. The molecule has 0 spiro atoms. The number of furan rings is 1. The molecular weight excluding hydrogens is 430 g/mol. The Morgan fingerprint density at radius 3 is 2.60 bits per heavy atom. The van der Waals surface area contributed by atoms with Crippen LogP contribution in [0.2, 0.25) is 5.02 Å². The predicted octanol–water partition coefficient (Wildman–Crippen LogP) is 6.96. The van der Waals surface area contributed by atoms with Crippen molar-refractivity contribution in [3.63, 3.8) is 0 Å². The molecule has 0 amide bonds. The van der Waals surface area contributed by atoms with Gasteiger partial charge in [0.2, 0.25) is 0 Å². The van der Waals surface area contributed by atoms with Crippen LogP contribution in [0.5, 0.6) is 11.5 Å². The smallest absolute Gasteiger partial charge is 0.153 e. The first-order valence-electron chi connectivity index (χ1n) is 8.85. The molecule has 0 aliphatic heterocycles. The Kier molecular flexibility index (Phi) is 6.03. The lowest BCUT2D eigenvalue weighted by Gasteiger charge is -2.14. The Balaban J connectivity index is 1.77. The highest BCUT2D eigenvalue weighted by molar-refractivity contribution is 7.97. The summed E-state index contributed by atoms with van der Waals surface area (Å²) in [5.74, 6) is -0.402. The highest BCUT2D eigenvalue weighted by Crippen LogP contribution is 2.39. The van der Waals surface area contributed by atoms with E-state index in [-0.39, 0.29) is 16.6 Å². The van der Waals surface area contributed by atoms with Crippen molar-refractivity contribution in [3.8, 4) is 33.9 Å². The second kappa shape index (κ2) is 8.87. The summed E-state index contributed by atoms with van der Waals surface area (Å²) in [7, 11) is 1.68. The first kappa shape index (κ1) is 20.4. The molecule has 0 atom stereocenters. The first-order valence-corrected chi connectivity index (χ1v) is 10.0. The normalized spacial score (nSPS) is 10.9. The van der Waals surface area contributed by atoms with Gasteiger partial charge in [0, 0.05) is 22.8 Å². The lowest BCUT2D eigenvalue weighted by atomic mass is 10.0. The number of aromatic nitrogens is 1. The van der Waals surface area contributed by atoms with Gasteiger partial charge in [0.05, 0.1) is 34.3 Å². The summed E-state index contributed by atoms with van der Waals surface area (Å²) in [4.78, 5) is 4.67. The number of rotatable bonds is 6. The molecule has 4 nitrogen and oxygen atoms in total. The quantitative estimate of drug-likeness (QED) is 0.326. The highest BCUT2D eigenvalue weighted by atomic mass is 35.5. The third-order valence-corrected chi connectivity index (χ3v) is 5.30. The molecule has 152 valence electrons. The average molecular weight is 445 g/mol. The van der Waals surface area contributed by atoms with E-state index in [0.29, 0.717) is 33.0 Å². The molecular formula is C22H15ClF2N2O2S. The molecule has 0 aliphatic carbocycles. The van der Waals surface area contributed by atoms with E-state index in [1.54, 1.807) is 37.4 Å². The van der Waals surface area contributed by atoms with Crippen LogP contribution in [0.3, 0.4) is 0 Å². The molecule has 0 unspecified atom stereocenters. The summed E-state index contributed by atoms with van der Waals surface area (Å²) in [6, 6.07) is 12.5. The van der Waals surface area contributed by atoms with E-state index in [9.17, 15) is 8.78 Å². The maximum absolute atomic E-state index is 14.4. The number of nitrogens with one attached hydrogen (secondary N) is 1. The molecule has 1 N–H and O–H groups in total. The van der Waals surface area contributed by atoms with Crippen LogP contribution in [0, 0.1) is 11.6 Å². The van der Waals surface area contributed by atoms with E-state index in [4.69, 9.17) is 20.8 Å². The van der Waals surface area contributed by atoms with E-state index in [0.717, 1.165) is 11.9 Å².